The molecule has 8 nitrogen and oxygen atoms in total. The number of hydrogen-bond donors (Lipinski definition) is 2. The van der Waals surface area contributed by atoms with Crippen LogP contribution in [0.15, 0.2) is 23.4 Å². The highest BCUT2D eigenvalue weighted by atomic mass is 127. The third-order valence-electron chi connectivity index (χ3n) is 3.71. The van der Waals surface area contributed by atoms with E-state index in [4.69, 9.17) is 19.5 Å². The molecule has 0 aromatic heterocycles. The molecule has 1 heterocycles. The number of rotatable bonds is 7. The van der Waals surface area contributed by atoms with Crippen molar-refractivity contribution in [3.05, 3.63) is 32.5 Å². The number of nitriles is 1. The Kier molecular flexibility index (Phi) is 7.29. The van der Waals surface area contributed by atoms with Crippen molar-refractivity contribution in [3.63, 3.8) is 0 Å². The average molecular weight is 485 g/mol. The molecule has 1 aromatic rings. The number of allylic oxidation sites excluding steroid dienone is 1. The third-order valence-corrected chi connectivity index (χ3v) is 4.51. The summed E-state index contributed by atoms with van der Waals surface area (Å²) in [6.07, 6.45) is 0. The molecule has 0 radical (unpaired) electrons. The van der Waals surface area contributed by atoms with Gasteiger partial charge >= 0.3 is 12.0 Å². The molecule has 2 rings (SSSR count). The minimum Gasteiger partial charge on any atom is -0.490 e. The molecule has 2 N–H and O–H groups in total. The lowest BCUT2D eigenvalue weighted by Gasteiger charge is -2.28. The molecule has 27 heavy (non-hydrogen) atoms. The minimum absolute atomic E-state index is 0.118. The van der Waals surface area contributed by atoms with Crippen molar-refractivity contribution in [3.8, 4) is 17.6 Å². The van der Waals surface area contributed by atoms with E-state index in [0.717, 1.165) is 0 Å². The number of hydrogen-bond acceptors (Lipinski definition) is 6. The van der Waals surface area contributed by atoms with Crippen LogP contribution in [0.2, 0.25) is 0 Å². The maximum Gasteiger partial charge on any atom is 0.338 e. The molecular weight excluding hydrogens is 465 g/mol. The molecule has 1 atom stereocenters. The summed E-state index contributed by atoms with van der Waals surface area (Å²) in [7, 11) is 0. The topological polar surface area (TPSA) is 110 Å². The number of carbonyl (C=O) groups is 2. The lowest BCUT2D eigenvalue weighted by atomic mass is 9.95. The Morgan fingerprint density at radius 2 is 2.04 bits per heavy atom. The van der Waals surface area contributed by atoms with E-state index in [1.807, 2.05) is 13.0 Å². The van der Waals surface area contributed by atoms with Crippen molar-refractivity contribution in [2.75, 3.05) is 19.8 Å². The Hall–Kier alpha value is -2.48. The van der Waals surface area contributed by atoms with E-state index in [-0.39, 0.29) is 13.2 Å². The van der Waals surface area contributed by atoms with Gasteiger partial charge in [-0.2, -0.15) is 5.26 Å². The van der Waals surface area contributed by atoms with Crippen molar-refractivity contribution in [2.45, 2.75) is 26.8 Å². The summed E-state index contributed by atoms with van der Waals surface area (Å²) < 4.78 is 16.9. The van der Waals surface area contributed by atoms with E-state index in [9.17, 15) is 9.59 Å². The van der Waals surface area contributed by atoms with Crippen molar-refractivity contribution < 1.29 is 23.8 Å². The van der Waals surface area contributed by atoms with E-state index >= 15 is 0 Å². The number of esters is 1. The zero-order chi connectivity index (χ0) is 20.0. The zero-order valence-electron chi connectivity index (χ0n) is 15.2. The normalized spacial score (nSPS) is 16.1. The number of urea groups is 1. The van der Waals surface area contributed by atoms with Crippen LogP contribution in [0.5, 0.6) is 11.5 Å². The quantitative estimate of drug-likeness (QED) is 0.454. The van der Waals surface area contributed by atoms with Crippen LogP contribution < -0.4 is 20.1 Å². The summed E-state index contributed by atoms with van der Waals surface area (Å²) in [5, 5.41) is 14.1. The average Bonchev–Trinajstić information content (AvgIpc) is 2.60. The highest BCUT2D eigenvalue weighted by Gasteiger charge is 2.33. The van der Waals surface area contributed by atoms with Crippen LogP contribution in [-0.2, 0) is 9.53 Å². The molecule has 144 valence electrons. The predicted octanol–water partition coefficient (Wildman–Crippen LogP) is 2.78. The van der Waals surface area contributed by atoms with Crippen LogP contribution in [0.3, 0.4) is 0 Å². The molecule has 1 aliphatic heterocycles. The molecule has 0 saturated heterocycles. The number of benzene rings is 1. The number of ether oxygens (including phenoxy) is 3. The summed E-state index contributed by atoms with van der Waals surface area (Å²) in [5.74, 6) is 0.370. The summed E-state index contributed by atoms with van der Waals surface area (Å²) in [6, 6.07) is 4.28. The van der Waals surface area contributed by atoms with Gasteiger partial charge in [0.1, 0.15) is 6.07 Å². The minimum atomic E-state index is -0.699. The highest BCUT2D eigenvalue weighted by molar-refractivity contribution is 14.1. The fourth-order valence-corrected chi connectivity index (χ4v) is 3.47. The van der Waals surface area contributed by atoms with Crippen LogP contribution in [0, 0.1) is 14.9 Å². The van der Waals surface area contributed by atoms with Gasteiger partial charge in [0.2, 0.25) is 0 Å². The van der Waals surface area contributed by atoms with Crippen LogP contribution in [0.25, 0.3) is 0 Å². The third kappa shape index (κ3) is 4.82. The van der Waals surface area contributed by atoms with Crippen LogP contribution >= 0.6 is 22.6 Å². The first-order valence-electron chi connectivity index (χ1n) is 8.34. The van der Waals surface area contributed by atoms with Crippen molar-refractivity contribution >= 4 is 34.6 Å². The van der Waals surface area contributed by atoms with Crippen molar-refractivity contribution in [1.82, 2.24) is 10.6 Å². The Morgan fingerprint density at radius 1 is 1.30 bits per heavy atom. The summed E-state index contributed by atoms with van der Waals surface area (Å²) in [4.78, 5) is 24.4. The van der Waals surface area contributed by atoms with Crippen LogP contribution in [0.1, 0.15) is 32.4 Å². The molecule has 0 saturated carbocycles. The largest absolute Gasteiger partial charge is 0.490 e. The van der Waals surface area contributed by atoms with Gasteiger partial charge in [-0.1, -0.05) is 0 Å². The van der Waals surface area contributed by atoms with Crippen molar-refractivity contribution in [1.29, 1.82) is 5.26 Å². The number of nitrogens with one attached hydrogen (secondary N) is 2. The molecule has 0 fully saturated rings. The lowest BCUT2D eigenvalue weighted by Crippen LogP contribution is -2.45. The maximum atomic E-state index is 12.4. The molecule has 2 amide bonds. The molecule has 0 aliphatic carbocycles. The fraction of sp³-hybridized carbons (Fsp3) is 0.389. The van der Waals surface area contributed by atoms with Gasteiger partial charge < -0.3 is 24.8 Å². The second-order valence-electron chi connectivity index (χ2n) is 5.50. The van der Waals surface area contributed by atoms with Gasteiger partial charge in [-0.05, 0) is 61.1 Å². The first-order valence-corrected chi connectivity index (χ1v) is 9.42. The summed E-state index contributed by atoms with van der Waals surface area (Å²) in [6.45, 7) is 5.69. The van der Waals surface area contributed by atoms with Crippen molar-refractivity contribution in [2.24, 2.45) is 0 Å². The molecule has 1 aliphatic rings. The fourth-order valence-electron chi connectivity index (χ4n) is 2.69. The van der Waals surface area contributed by atoms with Crippen LogP contribution in [0.4, 0.5) is 4.79 Å². The number of carbonyl (C=O) groups excluding carboxylic acids is 2. The Labute approximate surface area is 171 Å². The van der Waals surface area contributed by atoms with Gasteiger partial charge in [-0.15, -0.1) is 0 Å². The Bertz CT molecular complexity index is 816. The van der Waals surface area contributed by atoms with Gasteiger partial charge in [0.15, 0.2) is 18.1 Å². The highest BCUT2D eigenvalue weighted by Crippen LogP contribution is 2.38. The smallest absolute Gasteiger partial charge is 0.338 e. The van der Waals surface area contributed by atoms with Gasteiger partial charge in [0.25, 0.3) is 0 Å². The second kappa shape index (κ2) is 9.45. The molecule has 0 unspecified atom stereocenters. The van der Waals surface area contributed by atoms with Gasteiger partial charge in [-0.3, -0.25) is 0 Å². The standard InChI is InChI=1S/C18H20IN3O5/c1-4-25-13-9-11(8-12(19)16(13)27-7-6-20)15-14(17(23)26-5-2)10(3)21-18(24)22-15/h8-9,15H,4-5,7H2,1-3H3,(H2,21,22,24)/t15-/m0/s1. The zero-order valence-corrected chi connectivity index (χ0v) is 17.4. The maximum absolute atomic E-state index is 12.4. The molecule has 9 heteroatoms. The Balaban J connectivity index is 2.53. The lowest BCUT2D eigenvalue weighted by molar-refractivity contribution is -0.139. The van der Waals surface area contributed by atoms with E-state index in [1.165, 1.54) is 0 Å². The number of halogens is 1. The molecule has 1 aromatic carbocycles. The molecule has 0 bridgehead atoms. The van der Waals surface area contributed by atoms with E-state index < -0.39 is 18.0 Å². The number of amides is 2. The first-order chi connectivity index (χ1) is 12.9. The Morgan fingerprint density at radius 3 is 2.67 bits per heavy atom. The second-order valence-corrected chi connectivity index (χ2v) is 6.66. The molecule has 0 spiro atoms. The van der Waals surface area contributed by atoms with E-state index in [2.05, 4.69) is 33.2 Å². The monoisotopic (exact) mass is 485 g/mol. The van der Waals surface area contributed by atoms with Gasteiger partial charge in [0, 0.05) is 5.70 Å². The predicted molar refractivity (Wildman–Crippen MR) is 105 cm³/mol. The van der Waals surface area contributed by atoms with Gasteiger partial charge in [0.05, 0.1) is 28.4 Å². The summed E-state index contributed by atoms with van der Waals surface area (Å²) >= 11 is 2.06. The molecular formula is C18H20IN3O5. The first kappa shape index (κ1) is 20.8. The van der Waals surface area contributed by atoms with E-state index in [0.29, 0.717) is 38.5 Å². The van der Waals surface area contributed by atoms with Gasteiger partial charge in [-0.25, -0.2) is 9.59 Å². The number of nitrogens with zero attached hydrogens (tertiary/aromatic N) is 1. The summed E-state index contributed by atoms with van der Waals surface area (Å²) in [5.41, 5.74) is 1.39. The van der Waals surface area contributed by atoms with E-state index in [1.54, 1.807) is 26.0 Å². The van der Waals surface area contributed by atoms with Crippen LogP contribution in [-0.4, -0.2) is 31.8 Å². The SMILES string of the molecule is CCOC(=O)C1=C(C)NC(=O)N[C@H]1c1cc(I)c(OCC#N)c(OCC)c1.